The van der Waals surface area contributed by atoms with Gasteiger partial charge in [-0.1, -0.05) is 29.3 Å². The second-order valence-corrected chi connectivity index (χ2v) is 6.06. The summed E-state index contributed by atoms with van der Waals surface area (Å²) in [5.41, 5.74) is 1.94. The molecule has 2 aromatic rings. The monoisotopic (exact) mass is 308 g/mol. The Bertz CT molecular complexity index is 586. The lowest BCUT2D eigenvalue weighted by Gasteiger charge is -2.15. The molecular formula is C16H17ClO2S. The lowest BCUT2D eigenvalue weighted by Crippen LogP contribution is -2.03. The number of benzene rings is 2. The summed E-state index contributed by atoms with van der Waals surface area (Å²) in [6.45, 7) is 2.06. The highest BCUT2D eigenvalue weighted by Crippen LogP contribution is 2.32. The van der Waals surface area contributed by atoms with Crippen LogP contribution >= 0.6 is 23.4 Å². The molecule has 4 heteroatoms. The zero-order valence-electron chi connectivity index (χ0n) is 11.5. The fourth-order valence-corrected chi connectivity index (χ4v) is 3.09. The number of aliphatic hydroxyl groups excluding tert-OH is 1. The average Bonchev–Trinajstić information content (AvgIpc) is 2.45. The van der Waals surface area contributed by atoms with Gasteiger partial charge in [0, 0.05) is 21.2 Å². The van der Waals surface area contributed by atoms with Crippen LogP contribution in [0, 0.1) is 6.92 Å². The number of hydrogen-bond acceptors (Lipinski definition) is 3. The van der Waals surface area contributed by atoms with Gasteiger partial charge in [-0.2, -0.15) is 0 Å². The first kappa shape index (κ1) is 15.2. The van der Waals surface area contributed by atoms with Gasteiger partial charge in [0.15, 0.2) is 0 Å². The van der Waals surface area contributed by atoms with E-state index in [-0.39, 0.29) is 0 Å². The molecule has 1 unspecified atom stereocenters. The standard InChI is InChI=1S/C16H17ClO2S/c1-11-4-3-5-13(8-11)20-10-15(18)14-9-12(17)6-7-16(14)19-2/h3-9,15,18H,10H2,1-2H3. The highest BCUT2D eigenvalue weighted by Gasteiger charge is 2.14. The molecule has 0 amide bonds. The number of aliphatic hydroxyl groups is 1. The van der Waals surface area contributed by atoms with Crippen molar-refractivity contribution in [1.29, 1.82) is 0 Å². The first-order valence-electron chi connectivity index (χ1n) is 6.31. The highest BCUT2D eigenvalue weighted by molar-refractivity contribution is 7.99. The number of rotatable bonds is 5. The molecule has 0 spiro atoms. The van der Waals surface area contributed by atoms with Crippen LogP contribution < -0.4 is 4.74 Å². The normalized spacial score (nSPS) is 12.2. The van der Waals surface area contributed by atoms with Crippen molar-refractivity contribution in [3.63, 3.8) is 0 Å². The Labute approximate surface area is 128 Å². The van der Waals surface area contributed by atoms with Gasteiger partial charge in [-0.25, -0.2) is 0 Å². The van der Waals surface area contributed by atoms with E-state index in [4.69, 9.17) is 16.3 Å². The third-order valence-electron chi connectivity index (χ3n) is 2.95. The van der Waals surface area contributed by atoms with Crippen molar-refractivity contribution in [3.8, 4) is 5.75 Å². The Kier molecular flexibility index (Phi) is 5.35. The van der Waals surface area contributed by atoms with Gasteiger partial charge in [0.25, 0.3) is 0 Å². The SMILES string of the molecule is COc1ccc(Cl)cc1C(O)CSc1cccc(C)c1. The van der Waals surface area contributed by atoms with E-state index in [0.29, 0.717) is 16.5 Å². The number of hydrogen-bond donors (Lipinski definition) is 1. The van der Waals surface area contributed by atoms with Gasteiger partial charge in [0.05, 0.1) is 13.2 Å². The van der Waals surface area contributed by atoms with Crippen molar-refractivity contribution >= 4 is 23.4 Å². The molecule has 0 heterocycles. The number of aryl methyl sites for hydroxylation is 1. The van der Waals surface area contributed by atoms with E-state index in [1.807, 2.05) is 12.1 Å². The van der Waals surface area contributed by atoms with Gasteiger partial charge in [-0.05, 0) is 37.3 Å². The lowest BCUT2D eigenvalue weighted by molar-refractivity contribution is 0.199. The van der Waals surface area contributed by atoms with Crippen molar-refractivity contribution in [2.75, 3.05) is 12.9 Å². The van der Waals surface area contributed by atoms with Crippen molar-refractivity contribution in [1.82, 2.24) is 0 Å². The zero-order valence-corrected chi connectivity index (χ0v) is 13.0. The maximum atomic E-state index is 10.3. The molecule has 0 radical (unpaired) electrons. The molecule has 1 N–H and O–H groups in total. The minimum atomic E-state index is -0.617. The van der Waals surface area contributed by atoms with Gasteiger partial charge in [-0.15, -0.1) is 11.8 Å². The number of methoxy groups -OCH3 is 1. The Morgan fingerprint density at radius 3 is 2.75 bits per heavy atom. The van der Waals surface area contributed by atoms with Crippen LogP contribution in [0.3, 0.4) is 0 Å². The molecule has 0 aromatic heterocycles. The van der Waals surface area contributed by atoms with Crippen molar-refractivity contribution < 1.29 is 9.84 Å². The lowest BCUT2D eigenvalue weighted by atomic mass is 10.1. The minimum absolute atomic E-state index is 0.556. The fraction of sp³-hybridized carbons (Fsp3) is 0.250. The van der Waals surface area contributed by atoms with Gasteiger partial charge in [-0.3, -0.25) is 0 Å². The molecule has 0 saturated carbocycles. The molecule has 106 valence electrons. The third-order valence-corrected chi connectivity index (χ3v) is 4.25. The molecule has 2 nitrogen and oxygen atoms in total. The quantitative estimate of drug-likeness (QED) is 0.826. The maximum absolute atomic E-state index is 10.3. The Morgan fingerprint density at radius 1 is 1.25 bits per heavy atom. The van der Waals surface area contributed by atoms with Gasteiger partial charge >= 0.3 is 0 Å². The molecule has 20 heavy (non-hydrogen) atoms. The van der Waals surface area contributed by atoms with E-state index < -0.39 is 6.10 Å². The Balaban J connectivity index is 2.08. The van der Waals surface area contributed by atoms with Gasteiger partial charge < -0.3 is 9.84 Å². The van der Waals surface area contributed by atoms with Crippen LogP contribution in [0.2, 0.25) is 5.02 Å². The summed E-state index contributed by atoms with van der Waals surface area (Å²) in [6.07, 6.45) is -0.617. The summed E-state index contributed by atoms with van der Waals surface area (Å²) in [6, 6.07) is 13.5. The van der Waals surface area contributed by atoms with Gasteiger partial charge in [0.1, 0.15) is 5.75 Å². The van der Waals surface area contributed by atoms with Crippen LogP contribution in [-0.2, 0) is 0 Å². The van der Waals surface area contributed by atoms with Crippen molar-refractivity contribution in [2.45, 2.75) is 17.9 Å². The van der Waals surface area contributed by atoms with E-state index >= 15 is 0 Å². The molecule has 0 aliphatic rings. The summed E-state index contributed by atoms with van der Waals surface area (Å²) in [4.78, 5) is 1.14. The van der Waals surface area contributed by atoms with Crippen LogP contribution in [-0.4, -0.2) is 18.0 Å². The van der Waals surface area contributed by atoms with E-state index in [2.05, 4.69) is 19.1 Å². The van der Waals surface area contributed by atoms with E-state index in [1.165, 1.54) is 5.56 Å². The highest BCUT2D eigenvalue weighted by atomic mass is 35.5. The smallest absolute Gasteiger partial charge is 0.124 e. The van der Waals surface area contributed by atoms with Crippen LogP contribution in [0.1, 0.15) is 17.2 Å². The van der Waals surface area contributed by atoms with Gasteiger partial charge in [0.2, 0.25) is 0 Å². The molecule has 0 saturated heterocycles. The van der Waals surface area contributed by atoms with Crippen LogP contribution in [0.25, 0.3) is 0 Å². The van der Waals surface area contributed by atoms with Crippen LogP contribution in [0.4, 0.5) is 0 Å². The first-order chi connectivity index (χ1) is 9.60. The number of halogens is 1. The molecule has 0 bridgehead atoms. The summed E-state index contributed by atoms with van der Waals surface area (Å²) in [5, 5.41) is 10.9. The van der Waals surface area contributed by atoms with Crippen molar-refractivity contribution in [2.24, 2.45) is 0 Å². The number of thioether (sulfide) groups is 1. The summed E-state index contributed by atoms with van der Waals surface area (Å²) >= 11 is 7.60. The molecule has 0 fully saturated rings. The average molecular weight is 309 g/mol. The first-order valence-corrected chi connectivity index (χ1v) is 7.67. The second-order valence-electron chi connectivity index (χ2n) is 4.53. The number of ether oxygens (including phenoxy) is 1. The molecule has 0 aliphatic carbocycles. The third kappa shape index (κ3) is 3.92. The molecule has 2 aromatic carbocycles. The Morgan fingerprint density at radius 2 is 2.05 bits per heavy atom. The predicted octanol–water partition coefficient (Wildman–Crippen LogP) is 4.48. The van der Waals surface area contributed by atoms with Crippen LogP contribution in [0.15, 0.2) is 47.4 Å². The molecule has 2 rings (SSSR count). The zero-order chi connectivity index (χ0) is 14.5. The van der Waals surface area contributed by atoms with Crippen LogP contribution in [0.5, 0.6) is 5.75 Å². The molecule has 0 aliphatic heterocycles. The maximum Gasteiger partial charge on any atom is 0.124 e. The fourth-order valence-electron chi connectivity index (χ4n) is 1.94. The summed E-state index contributed by atoms with van der Waals surface area (Å²) in [5.74, 6) is 1.21. The molecule has 1 atom stereocenters. The summed E-state index contributed by atoms with van der Waals surface area (Å²) < 4.78 is 5.26. The predicted molar refractivity (Wildman–Crippen MR) is 84.9 cm³/mol. The van der Waals surface area contributed by atoms with E-state index in [1.54, 1.807) is 37.1 Å². The Hall–Kier alpha value is -1.16. The second kappa shape index (κ2) is 7.02. The summed E-state index contributed by atoms with van der Waals surface area (Å²) in [7, 11) is 1.59. The van der Waals surface area contributed by atoms with E-state index in [0.717, 1.165) is 10.5 Å². The van der Waals surface area contributed by atoms with E-state index in [9.17, 15) is 5.11 Å². The molecular weight excluding hydrogens is 292 g/mol. The minimum Gasteiger partial charge on any atom is -0.496 e. The largest absolute Gasteiger partial charge is 0.496 e. The topological polar surface area (TPSA) is 29.5 Å². The van der Waals surface area contributed by atoms with Crippen molar-refractivity contribution in [3.05, 3.63) is 58.6 Å².